The van der Waals surface area contributed by atoms with Gasteiger partial charge < -0.3 is 9.73 Å². The van der Waals surface area contributed by atoms with Gasteiger partial charge in [0.05, 0.1) is 0 Å². The molecule has 3 aromatic rings. The van der Waals surface area contributed by atoms with Crippen molar-refractivity contribution in [2.24, 2.45) is 0 Å². The molecule has 0 fully saturated rings. The van der Waals surface area contributed by atoms with Crippen LogP contribution in [0.5, 0.6) is 0 Å². The van der Waals surface area contributed by atoms with Crippen molar-refractivity contribution < 1.29 is 4.42 Å². The van der Waals surface area contributed by atoms with Crippen LogP contribution in [0.2, 0.25) is 0 Å². The van der Waals surface area contributed by atoms with Crippen LogP contribution in [0, 0.1) is 0 Å². The Balaban J connectivity index is 1.57. The third kappa shape index (κ3) is 3.13. The van der Waals surface area contributed by atoms with Gasteiger partial charge in [-0.2, -0.15) is 5.10 Å². The molecule has 0 saturated heterocycles. The van der Waals surface area contributed by atoms with Gasteiger partial charge in [0.1, 0.15) is 23.5 Å². The summed E-state index contributed by atoms with van der Waals surface area (Å²) in [6, 6.07) is 8.23. The number of nitrogens with one attached hydrogen (secondary N) is 2. The molecule has 2 aromatic heterocycles. The maximum Gasteiger partial charge on any atom is 0.137 e. The van der Waals surface area contributed by atoms with Crippen LogP contribution < -0.4 is 5.32 Å². The van der Waals surface area contributed by atoms with Crippen molar-refractivity contribution in [1.29, 1.82) is 0 Å². The Bertz CT molecular complexity index is 687. The van der Waals surface area contributed by atoms with Gasteiger partial charge in [-0.1, -0.05) is 25.1 Å². The summed E-state index contributed by atoms with van der Waals surface area (Å²) >= 11 is 0. The van der Waals surface area contributed by atoms with E-state index in [4.69, 9.17) is 4.42 Å². The quantitative estimate of drug-likeness (QED) is 0.655. The minimum atomic E-state index is 0.844. The summed E-state index contributed by atoms with van der Waals surface area (Å²) in [5, 5.41) is 11.4. The van der Waals surface area contributed by atoms with Gasteiger partial charge in [-0.25, -0.2) is 4.98 Å². The van der Waals surface area contributed by atoms with Gasteiger partial charge in [0.15, 0.2) is 0 Å². The molecule has 5 nitrogen and oxygen atoms in total. The summed E-state index contributed by atoms with van der Waals surface area (Å²) in [6.07, 6.45) is 4.42. The smallest absolute Gasteiger partial charge is 0.137 e. The molecule has 0 bridgehead atoms. The molecule has 0 aliphatic heterocycles. The van der Waals surface area contributed by atoms with E-state index in [1.54, 1.807) is 6.33 Å². The second-order valence-corrected chi connectivity index (χ2v) is 5.07. The summed E-state index contributed by atoms with van der Waals surface area (Å²) in [5.74, 6) is 2.03. The predicted octanol–water partition coefficient (Wildman–Crippen LogP) is 2.84. The minimum Gasteiger partial charge on any atom is -0.461 e. The summed E-state index contributed by atoms with van der Waals surface area (Å²) in [6.45, 7) is 3.92. The molecule has 0 saturated carbocycles. The lowest BCUT2D eigenvalue weighted by Crippen LogP contribution is -2.16. The molecule has 0 spiro atoms. The average molecular weight is 284 g/mol. The summed E-state index contributed by atoms with van der Waals surface area (Å²) in [5.41, 5.74) is 2.26. The summed E-state index contributed by atoms with van der Waals surface area (Å²) in [4.78, 5) is 4.12. The van der Waals surface area contributed by atoms with Crippen LogP contribution in [0.25, 0.3) is 11.0 Å². The first-order valence-corrected chi connectivity index (χ1v) is 7.42. The zero-order valence-corrected chi connectivity index (χ0v) is 12.2. The fraction of sp³-hybridized carbons (Fsp3) is 0.375. The van der Waals surface area contributed by atoms with Crippen LogP contribution in [0.3, 0.4) is 0 Å². The van der Waals surface area contributed by atoms with Crippen LogP contribution >= 0.6 is 0 Å². The number of para-hydroxylation sites is 1. The zero-order valence-electron chi connectivity index (χ0n) is 12.2. The van der Waals surface area contributed by atoms with Gasteiger partial charge in [-0.05, 0) is 19.0 Å². The third-order valence-corrected chi connectivity index (χ3v) is 3.64. The molecule has 21 heavy (non-hydrogen) atoms. The monoisotopic (exact) mass is 284 g/mol. The number of H-pyrrole nitrogens is 1. The molecule has 0 unspecified atom stereocenters. The predicted molar refractivity (Wildman–Crippen MR) is 82.0 cm³/mol. The van der Waals surface area contributed by atoms with Gasteiger partial charge in [0, 0.05) is 30.3 Å². The number of hydrogen-bond acceptors (Lipinski definition) is 4. The molecule has 0 amide bonds. The van der Waals surface area contributed by atoms with Gasteiger partial charge in [0.25, 0.3) is 0 Å². The Morgan fingerprint density at radius 1 is 1.29 bits per heavy atom. The number of furan rings is 1. The van der Waals surface area contributed by atoms with Crippen molar-refractivity contribution in [3.63, 3.8) is 0 Å². The van der Waals surface area contributed by atoms with Crippen molar-refractivity contribution >= 4 is 11.0 Å². The van der Waals surface area contributed by atoms with Crippen LogP contribution in [0.1, 0.15) is 30.5 Å². The maximum absolute atomic E-state index is 5.90. The molecule has 0 atom stereocenters. The van der Waals surface area contributed by atoms with E-state index >= 15 is 0 Å². The van der Waals surface area contributed by atoms with Crippen LogP contribution in [-0.2, 0) is 19.4 Å². The highest BCUT2D eigenvalue weighted by Crippen LogP contribution is 2.26. The van der Waals surface area contributed by atoms with Crippen molar-refractivity contribution in [2.75, 3.05) is 6.54 Å². The molecule has 1 aromatic carbocycles. The highest BCUT2D eigenvalue weighted by atomic mass is 16.3. The summed E-state index contributed by atoms with van der Waals surface area (Å²) in [7, 11) is 0. The molecule has 5 heteroatoms. The topological polar surface area (TPSA) is 66.7 Å². The van der Waals surface area contributed by atoms with Crippen molar-refractivity contribution in [3.8, 4) is 0 Å². The van der Waals surface area contributed by atoms with Gasteiger partial charge in [-0.15, -0.1) is 0 Å². The molecular formula is C16H20N4O. The Labute approximate surface area is 123 Å². The Kier molecular flexibility index (Phi) is 4.31. The number of aryl methyl sites for hydroxylation is 2. The molecular weight excluding hydrogens is 264 g/mol. The number of fused-ring (bicyclic) bond motifs is 1. The first kappa shape index (κ1) is 13.8. The van der Waals surface area contributed by atoms with Gasteiger partial charge in [0.2, 0.25) is 0 Å². The van der Waals surface area contributed by atoms with Gasteiger partial charge in [-0.3, -0.25) is 5.10 Å². The lowest BCUT2D eigenvalue weighted by Gasteiger charge is -2.04. The molecule has 3 rings (SSSR count). The second-order valence-electron chi connectivity index (χ2n) is 5.07. The van der Waals surface area contributed by atoms with E-state index in [1.165, 1.54) is 10.9 Å². The molecule has 0 aliphatic rings. The van der Waals surface area contributed by atoms with E-state index in [-0.39, 0.29) is 0 Å². The maximum atomic E-state index is 5.90. The Morgan fingerprint density at radius 3 is 3.00 bits per heavy atom. The molecule has 0 aliphatic carbocycles. The van der Waals surface area contributed by atoms with Crippen molar-refractivity contribution in [2.45, 2.75) is 32.7 Å². The fourth-order valence-corrected chi connectivity index (χ4v) is 2.57. The zero-order chi connectivity index (χ0) is 14.5. The SMILES string of the molecule is CCc1oc2ccccc2c1CNCCCc1ncn[nH]1. The number of aromatic nitrogens is 3. The number of hydrogen-bond donors (Lipinski definition) is 2. The van der Waals surface area contributed by atoms with Gasteiger partial charge >= 0.3 is 0 Å². The molecule has 110 valence electrons. The summed E-state index contributed by atoms with van der Waals surface area (Å²) < 4.78 is 5.90. The van der Waals surface area contributed by atoms with E-state index in [0.717, 1.165) is 49.5 Å². The minimum absolute atomic E-state index is 0.844. The Morgan fingerprint density at radius 2 is 2.19 bits per heavy atom. The standard InChI is InChI=1S/C16H20N4O/c1-2-14-13(12-6-3-4-7-15(12)21-14)10-17-9-5-8-16-18-11-19-20-16/h3-4,6-7,11,17H,2,5,8-10H2,1H3,(H,18,19,20). The van der Waals surface area contributed by atoms with Crippen molar-refractivity contribution in [1.82, 2.24) is 20.5 Å². The molecule has 0 radical (unpaired) electrons. The first-order chi connectivity index (χ1) is 10.4. The highest BCUT2D eigenvalue weighted by Gasteiger charge is 2.11. The van der Waals surface area contributed by atoms with E-state index in [0.29, 0.717) is 0 Å². The van der Waals surface area contributed by atoms with Crippen molar-refractivity contribution in [3.05, 3.63) is 47.7 Å². The third-order valence-electron chi connectivity index (χ3n) is 3.64. The number of aromatic amines is 1. The number of rotatable bonds is 7. The van der Waals surface area contributed by atoms with Crippen LogP contribution in [0.4, 0.5) is 0 Å². The number of benzene rings is 1. The first-order valence-electron chi connectivity index (χ1n) is 7.42. The highest BCUT2D eigenvalue weighted by molar-refractivity contribution is 5.82. The largest absolute Gasteiger partial charge is 0.461 e. The van der Waals surface area contributed by atoms with E-state index in [9.17, 15) is 0 Å². The Hall–Kier alpha value is -2.14. The van der Waals surface area contributed by atoms with Crippen LogP contribution in [0.15, 0.2) is 35.0 Å². The van der Waals surface area contributed by atoms with E-state index < -0.39 is 0 Å². The molecule has 2 heterocycles. The second kappa shape index (κ2) is 6.54. The van der Waals surface area contributed by atoms with E-state index in [2.05, 4.69) is 39.6 Å². The normalized spacial score (nSPS) is 11.3. The lowest BCUT2D eigenvalue weighted by molar-refractivity contribution is 0.542. The van der Waals surface area contributed by atoms with E-state index in [1.807, 2.05) is 12.1 Å². The van der Waals surface area contributed by atoms with Crippen LogP contribution in [-0.4, -0.2) is 21.7 Å². The lowest BCUT2D eigenvalue weighted by atomic mass is 10.1. The average Bonchev–Trinajstić information content (AvgIpc) is 3.14. The number of nitrogens with zero attached hydrogens (tertiary/aromatic N) is 2. The molecule has 2 N–H and O–H groups in total. The fourth-order valence-electron chi connectivity index (χ4n) is 2.57.